The van der Waals surface area contributed by atoms with E-state index < -0.39 is 5.82 Å². The van der Waals surface area contributed by atoms with Crippen LogP contribution in [0.2, 0.25) is 0 Å². The van der Waals surface area contributed by atoms with Crippen molar-refractivity contribution in [1.29, 1.82) is 0 Å². The zero-order valence-electron chi connectivity index (χ0n) is 9.86. The van der Waals surface area contributed by atoms with E-state index in [0.717, 1.165) is 10.0 Å². The Morgan fingerprint density at radius 1 is 1.26 bits per heavy atom. The average Bonchev–Trinajstić information content (AvgIpc) is 2.40. The molecule has 5 heteroatoms. The van der Waals surface area contributed by atoms with Gasteiger partial charge in [-0.3, -0.25) is 4.79 Å². The highest BCUT2D eigenvalue weighted by Crippen LogP contribution is 2.16. The Labute approximate surface area is 124 Å². The van der Waals surface area contributed by atoms with Gasteiger partial charge in [-0.1, -0.05) is 34.1 Å². The van der Waals surface area contributed by atoms with E-state index in [1.54, 1.807) is 0 Å². The highest BCUT2D eigenvalue weighted by atomic mass is 79.9. The third-order valence-corrected chi connectivity index (χ3v) is 3.72. The molecule has 0 aliphatic heterocycles. The number of rotatable bonds is 3. The largest absolute Gasteiger partial charge is 0.348 e. The monoisotopic (exact) mass is 339 g/mol. The predicted octanol–water partition coefficient (Wildman–Crippen LogP) is 3.81. The smallest absolute Gasteiger partial charge is 0.251 e. The predicted molar refractivity (Wildman–Crippen MR) is 79.0 cm³/mol. The molecule has 98 valence electrons. The van der Waals surface area contributed by atoms with Crippen LogP contribution in [-0.4, -0.2) is 5.91 Å². The maximum absolute atomic E-state index is 13.1. The van der Waals surface area contributed by atoms with Crippen molar-refractivity contribution < 1.29 is 9.18 Å². The van der Waals surface area contributed by atoms with Crippen LogP contribution in [0, 0.1) is 5.82 Å². The lowest BCUT2D eigenvalue weighted by molar-refractivity contribution is 0.0950. The SMILES string of the molecule is O=C(NCc1ccccc1Br)c1ccc(F)c(S)c1. The molecule has 0 fully saturated rings. The van der Waals surface area contributed by atoms with Gasteiger partial charge in [-0.05, 0) is 29.8 Å². The summed E-state index contributed by atoms with van der Waals surface area (Å²) in [5, 5.41) is 2.78. The molecule has 1 amide bonds. The molecule has 0 aliphatic carbocycles. The molecule has 19 heavy (non-hydrogen) atoms. The van der Waals surface area contributed by atoms with Crippen molar-refractivity contribution in [3.8, 4) is 0 Å². The zero-order valence-corrected chi connectivity index (χ0v) is 12.3. The fourth-order valence-electron chi connectivity index (χ4n) is 1.57. The number of benzene rings is 2. The normalized spacial score (nSPS) is 10.3. The number of amides is 1. The van der Waals surface area contributed by atoms with Crippen LogP contribution in [0.25, 0.3) is 0 Å². The van der Waals surface area contributed by atoms with Crippen molar-refractivity contribution in [2.24, 2.45) is 0 Å². The molecule has 0 aliphatic rings. The first-order valence-corrected chi connectivity index (χ1v) is 6.82. The van der Waals surface area contributed by atoms with E-state index in [-0.39, 0.29) is 10.8 Å². The molecule has 1 N–H and O–H groups in total. The maximum atomic E-state index is 13.1. The van der Waals surface area contributed by atoms with E-state index >= 15 is 0 Å². The van der Waals surface area contributed by atoms with Crippen molar-refractivity contribution in [3.05, 3.63) is 63.9 Å². The van der Waals surface area contributed by atoms with Crippen molar-refractivity contribution in [3.63, 3.8) is 0 Å². The maximum Gasteiger partial charge on any atom is 0.251 e. The van der Waals surface area contributed by atoms with Crippen LogP contribution >= 0.6 is 28.6 Å². The summed E-state index contributed by atoms with van der Waals surface area (Å²) in [6, 6.07) is 11.7. The molecule has 0 bridgehead atoms. The third kappa shape index (κ3) is 3.58. The van der Waals surface area contributed by atoms with Crippen LogP contribution in [-0.2, 0) is 6.54 Å². The molecule has 0 aromatic heterocycles. The van der Waals surface area contributed by atoms with E-state index in [2.05, 4.69) is 33.9 Å². The van der Waals surface area contributed by atoms with Gasteiger partial charge in [0.25, 0.3) is 5.91 Å². The van der Waals surface area contributed by atoms with E-state index in [4.69, 9.17) is 0 Å². The number of hydrogen-bond donors (Lipinski definition) is 2. The summed E-state index contributed by atoms with van der Waals surface area (Å²) in [7, 11) is 0. The van der Waals surface area contributed by atoms with E-state index in [1.807, 2.05) is 24.3 Å². The summed E-state index contributed by atoms with van der Waals surface area (Å²) in [5.74, 6) is -0.697. The fourth-order valence-corrected chi connectivity index (χ4v) is 2.21. The Bertz CT molecular complexity index is 618. The molecular weight excluding hydrogens is 329 g/mol. The molecule has 2 nitrogen and oxygen atoms in total. The summed E-state index contributed by atoms with van der Waals surface area (Å²) in [6.45, 7) is 0.402. The van der Waals surface area contributed by atoms with Gasteiger partial charge >= 0.3 is 0 Å². The van der Waals surface area contributed by atoms with Crippen molar-refractivity contribution in [2.75, 3.05) is 0 Å². The Kier molecular flexibility index (Phi) is 4.61. The molecule has 2 aromatic carbocycles. The summed E-state index contributed by atoms with van der Waals surface area (Å²) >= 11 is 7.36. The standard InChI is InChI=1S/C14H11BrFNOS/c15-11-4-2-1-3-10(11)8-17-14(18)9-5-6-12(16)13(19)7-9/h1-7,19H,8H2,(H,17,18). The Balaban J connectivity index is 2.05. The van der Waals surface area contributed by atoms with Gasteiger partial charge in [0.15, 0.2) is 0 Å². The molecule has 0 spiro atoms. The van der Waals surface area contributed by atoms with Gasteiger partial charge in [-0.2, -0.15) is 0 Å². The number of hydrogen-bond acceptors (Lipinski definition) is 2. The first-order chi connectivity index (χ1) is 9.08. The van der Waals surface area contributed by atoms with E-state index in [0.29, 0.717) is 12.1 Å². The minimum absolute atomic E-state index is 0.161. The third-order valence-electron chi connectivity index (χ3n) is 2.61. The first-order valence-electron chi connectivity index (χ1n) is 5.58. The summed E-state index contributed by atoms with van der Waals surface area (Å²) in [5.41, 5.74) is 1.36. The first kappa shape index (κ1) is 14.1. The van der Waals surface area contributed by atoms with Crippen LogP contribution in [0.4, 0.5) is 4.39 Å². The van der Waals surface area contributed by atoms with Crippen LogP contribution in [0.1, 0.15) is 15.9 Å². The number of halogens is 2. The summed E-state index contributed by atoms with van der Waals surface area (Å²) in [4.78, 5) is 12.1. The fraction of sp³-hybridized carbons (Fsp3) is 0.0714. The molecule has 2 rings (SSSR count). The van der Waals surface area contributed by atoms with Crippen molar-refractivity contribution >= 4 is 34.5 Å². The number of nitrogens with one attached hydrogen (secondary N) is 1. The second-order valence-corrected chi connectivity index (χ2v) is 5.28. The van der Waals surface area contributed by atoms with Gasteiger partial charge in [0.05, 0.1) is 0 Å². The van der Waals surface area contributed by atoms with Gasteiger partial charge in [-0.15, -0.1) is 12.6 Å². The lowest BCUT2D eigenvalue weighted by Gasteiger charge is -2.07. The van der Waals surface area contributed by atoms with Gasteiger partial charge in [0.1, 0.15) is 5.82 Å². The molecule has 0 radical (unpaired) electrons. The summed E-state index contributed by atoms with van der Waals surface area (Å²) < 4.78 is 14.0. The van der Waals surface area contributed by atoms with E-state index in [9.17, 15) is 9.18 Å². The molecule has 2 aromatic rings. The highest BCUT2D eigenvalue weighted by Gasteiger charge is 2.08. The molecule has 0 heterocycles. The van der Waals surface area contributed by atoms with Gasteiger partial charge < -0.3 is 5.32 Å². The zero-order chi connectivity index (χ0) is 13.8. The summed E-state index contributed by atoms with van der Waals surface area (Å²) in [6.07, 6.45) is 0. The van der Waals surface area contributed by atoms with Crippen LogP contribution < -0.4 is 5.32 Å². The van der Waals surface area contributed by atoms with Crippen LogP contribution in [0.5, 0.6) is 0 Å². The second kappa shape index (κ2) is 6.21. The molecule has 0 unspecified atom stereocenters. The van der Waals surface area contributed by atoms with E-state index in [1.165, 1.54) is 18.2 Å². The minimum atomic E-state index is -0.439. The van der Waals surface area contributed by atoms with Crippen molar-refractivity contribution in [1.82, 2.24) is 5.32 Å². The minimum Gasteiger partial charge on any atom is -0.348 e. The molecule has 0 atom stereocenters. The Morgan fingerprint density at radius 2 is 2.00 bits per heavy atom. The van der Waals surface area contributed by atoms with Crippen molar-refractivity contribution in [2.45, 2.75) is 11.4 Å². The molecular formula is C14H11BrFNOS. The molecule has 0 saturated heterocycles. The van der Waals surface area contributed by atoms with Gasteiger partial charge in [0.2, 0.25) is 0 Å². The highest BCUT2D eigenvalue weighted by molar-refractivity contribution is 9.10. The number of carbonyl (C=O) groups is 1. The van der Waals surface area contributed by atoms with Gasteiger partial charge in [-0.25, -0.2) is 4.39 Å². The topological polar surface area (TPSA) is 29.1 Å². The average molecular weight is 340 g/mol. The van der Waals surface area contributed by atoms with Crippen LogP contribution in [0.15, 0.2) is 51.8 Å². The lowest BCUT2D eigenvalue weighted by Crippen LogP contribution is -2.23. The lowest BCUT2D eigenvalue weighted by atomic mass is 10.2. The number of thiol groups is 1. The quantitative estimate of drug-likeness (QED) is 0.818. The molecule has 0 saturated carbocycles. The van der Waals surface area contributed by atoms with Gasteiger partial charge in [0, 0.05) is 21.5 Å². The Morgan fingerprint density at radius 3 is 2.68 bits per heavy atom. The number of carbonyl (C=O) groups excluding carboxylic acids is 1. The Hall–Kier alpha value is -1.33. The van der Waals surface area contributed by atoms with Crippen LogP contribution in [0.3, 0.4) is 0 Å². The second-order valence-electron chi connectivity index (χ2n) is 3.94.